The van der Waals surface area contributed by atoms with Crippen molar-refractivity contribution in [3.8, 4) is 5.75 Å². The molecule has 0 aliphatic carbocycles. The van der Waals surface area contributed by atoms with Crippen molar-refractivity contribution in [2.45, 2.75) is 18.8 Å². The average Bonchev–Trinajstić information content (AvgIpc) is 3.10. The lowest BCUT2D eigenvalue weighted by molar-refractivity contribution is 0.0538. The van der Waals surface area contributed by atoms with Gasteiger partial charge in [0.05, 0.1) is 5.56 Å². The predicted molar refractivity (Wildman–Crippen MR) is 69.1 cm³/mol. The summed E-state index contributed by atoms with van der Waals surface area (Å²) in [5.74, 6) is -0.564. The van der Waals surface area contributed by atoms with Crippen molar-refractivity contribution >= 4 is 5.78 Å². The molecule has 2 aromatic rings. The predicted octanol–water partition coefficient (Wildman–Crippen LogP) is 3.04. The molecule has 2 aliphatic heterocycles. The van der Waals surface area contributed by atoms with Crippen molar-refractivity contribution < 1.29 is 14.3 Å². The van der Waals surface area contributed by atoms with E-state index in [1.807, 2.05) is 55.5 Å². The standard InChI is InChI=1S/C16H12O3/c1-10-7-8-13-12(9-10)14(17)16(18-13)15(19-16)11-5-3-2-4-6-11/h2-9,15H,1H3. The van der Waals surface area contributed by atoms with Gasteiger partial charge in [0.1, 0.15) is 5.75 Å². The molecule has 0 bridgehead atoms. The Morgan fingerprint density at radius 1 is 1.11 bits per heavy atom. The zero-order valence-electron chi connectivity index (χ0n) is 10.4. The zero-order chi connectivity index (χ0) is 13.0. The smallest absolute Gasteiger partial charge is 0.307 e. The zero-order valence-corrected chi connectivity index (χ0v) is 10.4. The molecule has 1 fully saturated rings. The van der Waals surface area contributed by atoms with Crippen LogP contribution >= 0.6 is 0 Å². The Hall–Kier alpha value is -2.13. The number of hydrogen-bond donors (Lipinski definition) is 0. The molecule has 2 unspecified atom stereocenters. The number of fused-ring (bicyclic) bond motifs is 1. The Balaban J connectivity index is 1.72. The van der Waals surface area contributed by atoms with E-state index in [0.717, 1.165) is 11.1 Å². The van der Waals surface area contributed by atoms with Crippen LogP contribution in [0.1, 0.15) is 27.6 Å². The summed E-state index contributed by atoms with van der Waals surface area (Å²) in [5.41, 5.74) is 2.64. The van der Waals surface area contributed by atoms with Crippen LogP contribution in [-0.4, -0.2) is 11.6 Å². The summed E-state index contributed by atoms with van der Waals surface area (Å²) in [6.45, 7) is 1.96. The number of hydrogen-bond acceptors (Lipinski definition) is 3. The van der Waals surface area contributed by atoms with Crippen molar-refractivity contribution in [2.75, 3.05) is 0 Å². The number of Topliss-reactive ketones (excluding diaryl/α,β-unsaturated/α-hetero) is 1. The van der Waals surface area contributed by atoms with E-state index < -0.39 is 5.79 Å². The lowest BCUT2D eigenvalue weighted by Gasteiger charge is -2.03. The van der Waals surface area contributed by atoms with Crippen LogP contribution in [0.2, 0.25) is 0 Å². The van der Waals surface area contributed by atoms with Crippen LogP contribution in [0.3, 0.4) is 0 Å². The van der Waals surface area contributed by atoms with E-state index in [0.29, 0.717) is 11.3 Å². The Kier molecular flexibility index (Phi) is 1.96. The molecule has 2 heterocycles. The highest BCUT2D eigenvalue weighted by Gasteiger charge is 2.69. The molecular weight excluding hydrogens is 240 g/mol. The molecule has 0 radical (unpaired) electrons. The molecule has 2 aromatic carbocycles. The largest absolute Gasteiger partial charge is 0.451 e. The Bertz CT molecular complexity index is 678. The lowest BCUT2D eigenvalue weighted by Crippen LogP contribution is -2.25. The maximum Gasteiger partial charge on any atom is 0.307 e. The highest BCUT2D eigenvalue weighted by molar-refractivity contribution is 6.08. The summed E-state index contributed by atoms with van der Waals surface area (Å²) >= 11 is 0. The fourth-order valence-electron chi connectivity index (χ4n) is 2.61. The van der Waals surface area contributed by atoms with Crippen LogP contribution in [0, 0.1) is 6.92 Å². The van der Waals surface area contributed by atoms with E-state index >= 15 is 0 Å². The van der Waals surface area contributed by atoms with Crippen LogP contribution in [0.25, 0.3) is 0 Å². The number of rotatable bonds is 1. The molecule has 0 N–H and O–H groups in total. The van der Waals surface area contributed by atoms with E-state index in [1.54, 1.807) is 0 Å². The summed E-state index contributed by atoms with van der Waals surface area (Å²) in [4.78, 5) is 12.5. The first kappa shape index (κ1) is 10.8. The minimum atomic E-state index is -1.11. The summed E-state index contributed by atoms with van der Waals surface area (Å²) < 4.78 is 11.4. The summed E-state index contributed by atoms with van der Waals surface area (Å²) in [6, 6.07) is 15.3. The average molecular weight is 252 g/mol. The van der Waals surface area contributed by atoms with Crippen molar-refractivity contribution in [2.24, 2.45) is 0 Å². The molecule has 1 saturated heterocycles. The Labute approximate surface area is 110 Å². The van der Waals surface area contributed by atoms with Gasteiger partial charge < -0.3 is 9.47 Å². The fraction of sp³-hybridized carbons (Fsp3) is 0.188. The third kappa shape index (κ3) is 1.39. The first-order chi connectivity index (χ1) is 9.21. The molecular formula is C16H12O3. The van der Waals surface area contributed by atoms with Gasteiger partial charge in [-0.1, -0.05) is 42.0 Å². The lowest BCUT2D eigenvalue weighted by atomic mass is 10.0. The third-order valence-electron chi connectivity index (χ3n) is 3.64. The third-order valence-corrected chi connectivity index (χ3v) is 3.64. The van der Waals surface area contributed by atoms with Crippen LogP contribution in [0.5, 0.6) is 5.75 Å². The van der Waals surface area contributed by atoms with Gasteiger partial charge in [-0.25, -0.2) is 0 Å². The normalized spacial score (nSPS) is 27.2. The van der Waals surface area contributed by atoms with Crippen LogP contribution < -0.4 is 4.74 Å². The Morgan fingerprint density at radius 2 is 1.89 bits per heavy atom. The maximum atomic E-state index is 12.5. The number of benzene rings is 2. The molecule has 19 heavy (non-hydrogen) atoms. The molecule has 94 valence electrons. The molecule has 0 amide bonds. The van der Waals surface area contributed by atoms with Crippen molar-refractivity contribution in [1.29, 1.82) is 0 Å². The number of ether oxygens (including phenoxy) is 2. The van der Waals surface area contributed by atoms with Gasteiger partial charge in [0.25, 0.3) is 0 Å². The molecule has 0 saturated carbocycles. The minimum Gasteiger partial charge on any atom is -0.451 e. The highest BCUT2D eigenvalue weighted by Crippen LogP contribution is 2.56. The first-order valence-corrected chi connectivity index (χ1v) is 6.28. The van der Waals surface area contributed by atoms with E-state index in [4.69, 9.17) is 9.47 Å². The summed E-state index contributed by atoms with van der Waals surface area (Å²) in [7, 11) is 0. The second-order valence-electron chi connectivity index (χ2n) is 5.01. The molecule has 3 nitrogen and oxygen atoms in total. The van der Waals surface area contributed by atoms with E-state index in [9.17, 15) is 4.79 Å². The van der Waals surface area contributed by atoms with E-state index in [-0.39, 0.29) is 11.9 Å². The van der Waals surface area contributed by atoms with Crippen LogP contribution in [0.4, 0.5) is 0 Å². The topological polar surface area (TPSA) is 38.8 Å². The highest BCUT2D eigenvalue weighted by atomic mass is 16.8. The fourth-order valence-corrected chi connectivity index (χ4v) is 2.61. The second-order valence-corrected chi connectivity index (χ2v) is 5.01. The van der Waals surface area contributed by atoms with Crippen molar-refractivity contribution in [3.05, 3.63) is 65.2 Å². The van der Waals surface area contributed by atoms with E-state index in [2.05, 4.69) is 0 Å². The van der Waals surface area contributed by atoms with Gasteiger partial charge in [-0.15, -0.1) is 0 Å². The SMILES string of the molecule is Cc1ccc2c(c1)C(=O)C1(O2)OC1c1ccccc1. The summed E-state index contributed by atoms with van der Waals surface area (Å²) in [6.07, 6.45) is -0.297. The minimum absolute atomic E-state index is 0.0694. The number of carbonyl (C=O) groups is 1. The van der Waals surface area contributed by atoms with Gasteiger partial charge >= 0.3 is 5.79 Å². The van der Waals surface area contributed by atoms with Gasteiger partial charge in [-0.2, -0.15) is 0 Å². The van der Waals surface area contributed by atoms with Gasteiger partial charge in [-0.05, 0) is 24.6 Å². The molecule has 0 aromatic heterocycles. The van der Waals surface area contributed by atoms with Crippen molar-refractivity contribution in [1.82, 2.24) is 0 Å². The van der Waals surface area contributed by atoms with Gasteiger partial charge in [0, 0.05) is 0 Å². The Morgan fingerprint density at radius 3 is 2.68 bits per heavy atom. The van der Waals surface area contributed by atoms with Crippen LogP contribution in [-0.2, 0) is 4.74 Å². The molecule has 4 rings (SSSR count). The van der Waals surface area contributed by atoms with Gasteiger partial charge in [0.15, 0.2) is 6.10 Å². The quantitative estimate of drug-likeness (QED) is 0.732. The molecule has 1 spiro atoms. The number of epoxide rings is 1. The summed E-state index contributed by atoms with van der Waals surface area (Å²) in [5, 5.41) is 0. The number of ketones is 1. The number of carbonyl (C=O) groups excluding carboxylic acids is 1. The monoisotopic (exact) mass is 252 g/mol. The molecule has 3 heteroatoms. The van der Waals surface area contributed by atoms with Crippen molar-refractivity contribution in [3.63, 3.8) is 0 Å². The van der Waals surface area contributed by atoms with Gasteiger partial charge in [0.2, 0.25) is 5.78 Å². The second kappa shape index (κ2) is 3.45. The maximum absolute atomic E-state index is 12.5. The number of aryl methyl sites for hydroxylation is 1. The first-order valence-electron chi connectivity index (χ1n) is 6.28. The van der Waals surface area contributed by atoms with E-state index in [1.165, 1.54) is 0 Å². The molecule has 2 atom stereocenters. The van der Waals surface area contributed by atoms with Gasteiger partial charge in [-0.3, -0.25) is 4.79 Å². The van der Waals surface area contributed by atoms with Crippen LogP contribution in [0.15, 0.2) is 48.5 Å². The molecule has 2 aliphatic rings.